The molecule has 0 bridgehead atoms. The number of rotatable bonds is 68. The molecule has 3 fully saturated rings. The number of nitrogens with one attached hydrogen (secondary N) is 1. The first-order chi connectivity index (χ1) is 50.3. The average Bonchev–Trinajstić information content (AvgIpc) is 0.781. The van der Waals surface area contributed by atoms with Crippen molar-refractivity contribution in [3.05, 3.63) is 48.6 Å². The van der Waals surface area contributed by atoms with Crippen molar-refractivity contribution in [3.63, 3.8) is 0 Å². The molecule has 12 N–H and O–H groups in total. The summed E-state index contributed by atoms with van der Waals surface area (Å²) in [5.74, 6) is -0.279. The van der Waals surface area contributed by atoms with Gasteiger partial charge in [-0.15, -0.1) is 0 Å². The normalized spacial score (nSPS) is 26.2. The maximum absolute atomic E-state index is 13.5. The van der Waals surface area contributed by atoms with Crippen molar-refractivity contribution in [1.82, 2.24) is 5.32 Å². The lowest BCUT2D eigenvalue weighted by Gasteiger charge is -2.48. The van der Waals surface area contributed by atoms with Gasteiger partial charge in [-0.1, -0.05) is 326 Å². The van der Waals surface area contributed by atoms with Crippen molar-refractivity contribution in [1.29, 1.82) is 0 Å². The van der Waals surface area contributed by atoms with Crippen molar-refractivity contribution < 1.29 is 89.4 Å². The van der Waals surface area contributed by atoms with E-state index < -0.39 is 124 Å². The van der Waals surface area contributed by atoms with E-state index in [0.29, 0.717) is 12.8 Å². The van der Waals surface area contributed by atoms with E-state index in [1.165, 1.54) is 270 Å². The van der Waals surface area contributed by atoms with Crippen LogP contribution in [0.3, 0.4) is 0 Å². The van der Waals surface area contributed by atoms with Crippen LogP contribution >= 0.6 is 0 Å². The molecule has 17 unspecified atom stereocenters. The summed E-state index contributed by atoms with van der Waals surface area (Å²) in [7, 11) is 0. The molecule has 0 aromatic rings. The number of unbranched alkanes of at least 4 members (excludes halogenated alkanes) is 46. The number of carbonyl (C=O) groups excluding carboxylic acids is 1. The molecule has 0 aromatic heterocycles. The summed E-state index contributed by atoms with van der Waals surface area (Å²) < 4.78 is 34.5. The molecule has 19 heteroatoms. The SMILES string of the molecule is CCCCCCC/C=C\C/C=C\CCCCCCCCCCCCCCCCCCCCCCCCCCCC(=O)NC(COC1OC(CO)C(OC2OC(CO)C(OC3OC(CO)C(O)C(O)C3O)C(O)C2O)C(O)C1O)C(O)/C=C/CC/C=C/CCCCCCCCCCCCCCCCC. The van der Waals surface area contributed by atoms with Crippen LogP contribution in [0.5, 0.6) is 0 Å². The Morgan fingerprint density at radius 3 is 1.03 bits per heavy atom. The molecule has 0 radical (unpaired) electrons. The molecule has 3 heterocycles. The molecule has 3 aliphatic heterocycles. The van der Waals surface area contributed by atoms with Crippen LogP contribution in [0.2, 0.25) is 0 Å². The summed E-state index contributed by atoms with van der Waals surface area (Å²) in [6.45, 7) is 1.75. The fourth-order valence-electron chi connectivity index (χ4n) is 14.3. The Kier molecular flexibility index (Phi) is 59.5. The molecule has 3 rings (SSSR count). The Labute approximate surface area is 624 Å². The Balaban J connectivity index is 1.33. The van der Waals surface area contributed by atoms with E-state index in [2.05, 4.69) is 55.6 Å². The highest BCUT2D eigenvalue weighted by atomic mass is 16.8. The van der Waals surface area contributed by atoms with E-state index in [9.17, 15) is 61.0 Å². The second-order valence-corrected chi connectivity index (χ2v) is 30.3. The van der Waals surface area contributed by atoms with Crippen LogP contribution in [0.25, 0.3) is 0 Å². The van der Waals surface area contributed by atoms with Gasteiger partial charge in [0.2, 0.25) is 5.91 Å². The zero-order valence-corrected chi connectivity index (χ0v) is 64.8. The molecule has 0 aromatic carbocycles. The summed E-state index contributed by atoms with van der Waals surface area (Å²) >= 11 is 0. The quantitative estimate of drug-likeness (QED) is 0.0199. The van der Waals surface area contributed by atoms with E-state index in [-0.39, 0.29) is 18.9 Å². The number of amides is 1. The molecule has 103 heavy (non-hydrogen) atoms. The van der Waals surface area contributed by atoms with E-state index in [0.717, 1.165) is 44.9 Å². The number of carbonyl (C=O) groups is 1. The summed E-state index contributed by atoms with van der Waals surface area (Å²) in [4.78, 5) is 13.5. The first-order valence-electron chi connectivity index (χ1n) is 42.4. The molecule has 3 aliphatic rings. The van der Waals surface area contributed by atoms with Gasteiger partial charge in [-0.05, 0) is 64.2 Å². The van der Waals surface area contributed by atoms with Gasteiger partial charge in [0.1, 0.15) is 73.2 Å². The van der Waals surface area contributed by atoms with Crippen molar-refractivity contribution in [3.8, 4) is 0 Å². The summed E-state index contributed by atoms with van der Waals surface area (Å²) in [6, 6.07) is -0.990. The lowest BCUT2D eigenvalue weighted by molar-refractivity contribution is -0.379. The van der Waals surface area contributed by atoms with E-state index >= 15 is 0 Å². The van der Waals surface area contributed by atoms with E-state index in [1.807, 2.05) is 6.08 Å². The predicted octanol–water partition coefficient (Wildman–Crippen LogP) is 14.8. The highest BCUT2D eigenvalue weighted by Crippen LogP contribution is 2.33. The van der Waals surface area contributed by atoms with Crippen LogP contribution in [-0.2, 0) is 33.2 Å². The molecule has 0 saturated carbocycles. The van der Waals surface area contributed by atoms with Crippen LogP contribution in [0.15, 0.2) is 48.6 Å². The van der Waals surface area contributed by atoms with Gasteiger partial charge < -0.3 is 89.9 Å². The lowest BCUT2D eigenvalue weighted by atomic mass is 9.96. The van der Waals surface area contributed by atoms with Crippen molar-refractivity contribution in [2.45, 2.75) is 452 Å². The first-order valence-corrected chi connectivity index (χ1v) is 42.4. The molecule has 1 amide bonds. The van der Waals surface area contributed by atoms with Gasteiger partial charge in [0.25, 0.3) is 0 Å². The Morgan fingerprint density at radius 1 is 0.350 bits per heavy atom. The van der Waals surface area contributed by atoms with Crippen LogP contribution in [-0.4, -0.2) is 193 Å². The zero-order valence-electron chi connectivity index (χ0n) is 64.8. The maximum atomic E-state index is 13.5. The summed E-state index contributed by atoms with van der Waals surface area (Å²) in [5, 5.41) is 121. The van der Waals surface area contributed by atoms with Crippen molar-refractivity contribution in [2.75, 3.05) is 26.4 Å². The molecule has 0 aliphatic carbocycles. The smallest absolute Gasteiger partial charge is 0.220 e. The van der Waals surface area contributed by atoms with E-state index in [4.69, 9.17) is 28.4 Å². The summed E-state index contributed by atoms with van der Waals surface area (Å²) in [6.07, 6.45) is 55.5. The number of aliphatic hydroxyl groups excluding tert-OH is 11. The fraction of sp³-hybridized carbons (Fsp3) is 0.893. The number of hydrogen-bond donors (Lipinski definition) is 12. The maximum Gasteiger partial charge on any atom is 0.220 e. The van der Waals surface area contributed by atoms with E-state index in [1.54, 1.807) is 6.08 Å². The second kappa shape index (κ2) is 64.6. The van der Waals surface area contributed by atoms with Crippen molar-refractivity contribution in [2.24, 2.45) is 0 Å². The molecule has 0 spiro atoms. The molecular formula is C84H155NO18. The highest BCUT2D eigenvalue weighted by Gasteiger charge is 2.54. The standard InChI is InChI=1S/C84H155NO18/c1-3-5-7-9-11-13-15-17-19-21-23-25-26-27-28-29-30-31-32-33-34-35-36-37-38-39-40-42-44-46-48-50-52-54-56-58-60-62-72(90)85-67(68(89)61-59-57-55-53-51-49-47-45-43-41-24-22-20-18-16-14-12-10-8-6-4-2)66-98-82-78(96)75(93)80(70(64-87)100-82)103-84-79(97)76(94)81(71(65-88)101-84)102-83-77(95)74(92)73(91)69(63-86)99-83/h15,17,21,23,51,53,59,61,67-71,73-84,86-89,91-97H,3-14,16,18-20,22,24-50,52,54-58,60,62-66H2,1-2H3,(H,85,90)/b17-15-,23-21-,53-51+,61-59+. The van der Waals surface area contributed by atoms with Gasteiger partial charge in [0, 0.05) is 6.42 Å². The Bertz CT molecular complexity index is 2050. The minimum Gasteiger partial charge on any atom is -0.394 e. The molecule has 3 saturated heterocycles. The van der Waals surface area contributed by atoms with Gasteiger partial charge in [0.05, 0.1) is 38.6 Å². The van der Waals surface area contributed by atoms with Gasteiger partial charge in [-0.2, -0.15) is 0 Å². The number of ether oxygens (including phenoxy) is 6. The van der Waals surface area contributed by atoms with Crippen LogP contribution in [0, 0.1) is 0 Å². The monoisotopic (exact) mass is 1470 g/mol. The Hall–Kier alpha value is -2.25. The first kappa shape index (κ1) is 95.0. The zero-order chi connectivity index (χ0) is 74.6. The van der Waals surface area contributed by atoms with Gasteiger partial charge in [0.15, 0.2) is 18.9 Å². The third-order valence-electron chi connectivity index (χ3n) is 21.1. The fourth-order valence-corrected chi connectivity index (χ4v) is 14.3. The van der Waals surface area contributed by atoms with Gasteiger partial charge in [-0.3, -0.25) is 4.79 Å². The predicted molar refractivity (Wildman–Crippen MR) is 411 cm³/mol. The molecular weight excluding hydrogens is 1310 g/mol. The number of hydrogen-bond acceptors (Lipinski definition) is 18. The second-order valence-electron chi connectivity index (χ2n) is 30.3. The minimum atomic E-state index is -1.98. The van der Waals surface area contributed by atoms with Crippen LogP contribution in [0.1, 0.15) is 348 Å². The van der Waals surface area contributed by atoms with Crippen molar-refractivity contribution >= 4 is 5.91 Å². The number of allylic oxidation sites excluding steroid dienone is 7. The lowest BCUT2D eigenvalue weighted by Crippen LogP contribution is -2.66. The van der Waals surface area contributed by atoms with Gasteiger partial charge in [-0.25, -0.2) is 0 Å². The molecule has 604 valence electrons. The highest BCUT2D eigenvalue weighted by molar-refractivity contribution is 5.76. The largest absolute Gasteiger partial charge is 0.394 e. The van der Waals surface area contributed by atoms with Crippen LogP contribution in [0.4, 0.5) is 0 Å². The molecule has 17 atom stereocenters. The summed E-state index contributed by atoms with van der Waals surface area (Å²) in [5.41, 5.74) is 0. The van der Waals surface area contributed by atoms with Crippen LogP contribution < -0.4 is 5.32 Å². The van der Waals surface area contributed by atoms with Gasteiger partial charge >= 0.3 is 0 Å². The Morgan fingerprint density at radius 2 is 0.650 bits per heavy atom. The molecule has 19 nitrogen and oxygen atoms in total. The minimum absolute atomic E-state index is 0.239. The average molecular weight is 1470 g/mol. The third-order valence-corrected chi connectivity index (χ3v) is 21.1. The topological polar surface area (TPSA) is 307 Å². The number of aliphatic hydroxyl groups is 11. The third kappa shape index (κ3) is 44.3.